The Morgan fingerprint density at radius 1 is 1.15 bits per heavy atom. The van der Waals surface area contributed by atoms with E-state index in [-0.39, 0.29) is 50.2 Å². The number of alkyl halides is 4. The molecule has 0 unspecified atom stereocenters. The van der Waals surface area contributed by atoms with Gasteiger partial charge in [-0.2, -0.15) is 0 Å². The minimum absolute atomic E-state index is 0.0451. The van der Waals surface area contributed by atoms with Gasteiger partial charge in [0.05, 0.1) is 18.8 Å². The van der Waals surface area contributed by atoms with Crippen LogP contribution in [0.2, 0.25) is 5.02 Å². The fourth-order valence-corrected chi connectivity index (χ4v) is 3.71. The van der Waals surface area contributed by atoms with Gasteiger partial charge >= 0.3 is 6.36 Å². The zero-order chi connectivity index (χ0) is 23.6. The molecule has 4 rings (SSSR count). The molecule has 0 bridgehead atoms. The second kappa shape index (κ2) is 9.82. The van der Waals surface area contributed by atoms with Crippen molar-refractivity contribution >= 4 is 17.5 Å². The molecule has 1 aliphatic carbocycles. The second-order valence-corrected chi connectivity index (χ2v) is 8.26. The van der Waals surface area contributed by atoms with Crippen LogP contribution < -0.4 is 10.1 Å². The average Bonchev–Trinajstić information content (AvgIpc) is 3.20. The Labute approximate surface area is 190 Å². The van der Waals surface area contributed by atoms with E-state index >= 15 is 0 Å². The first-order valence-electron chi connectivity index (χ1n) is 10.2. The van der Waals surface area contributed by atoms with Crippen LogP contribution >= 0.6 is 11.6 Å². The Balaban J connectivity index is 1.22. The summed E-state index contributed by atoms with van der Waals surface area (Å²) in [7, 11) is 0. The summed E-state index contributed by atoms with van der Waals surface area (Å²) in [5.41, 5.74) is 0. The van der Waals surface area contributed by atoms with Crippen LogP contribution in [0.15, 0.2) is 28.7 Å². The third-order valence-electron chi connectivity index (χ3n) is 5.36. The summed E-state index contributed by atoms with van der Waals surface area (Å²) in [5.74, 6) is -0.206. The lowest BCUT2D eigenvalue weighted by atomic mass is 9.82. The number of aromatic nitrogens is 2. The topological polar surface area (TPSA) is 95.7 Å². The van der Waals surface area contributed by atoms with E-state index in [0.717, 1.165) is 0 Å². The van der Waals surface area contributed by atoms with Gasteiger partial charge in [-0.15, -0.1) is 23.4 Å². The summed E-state index contributed by atoms with van der Waals surface area (Å²) in [6.07, 6.45) is -7.81. The van der Waals surface area contributed by atoms with E-state index in [1.165, 1.54) is 0 Å². The molecule has 2 fully saturated rings. The largest absolute Gasteiger partial charge is 0.522 e. The molecule has 1 amide bonds. The van der Waals surface area contributed by atoms with Gasteiger partial charge in [0, 0.05) is 17.4 Å². The number of nitrogens with zero attached hydrogens (tertiary/aromatic N) is 2. The molecule has 0 spiro atoms. The Kier molecular flexibility index (Phi) is 7.05. The van der Waals surface area contributed by atoms with Gasteiger partial charge in [0.1, 0.15) is 18.0 Å². The highest BCUT2D eigenvalue weighted by Gasteiger charge is 2.43. The molecule has 33 heavy (non-hydrogen) atoms. The fourth-order valence-electron chi connectivity index (χ4n) is 3.59. The molecule has 1 N–H and O–H groups in total. The molecule has 1 saturated carbocycles. The maximum atomic E-state index is 14.6. The van der Waals surface area contributed by atoms with Crippen LogP contribution in [-0.4, -0.2) is 54.0 Å². The molecule has 13 heteroatoms. The Morgan fingerprint density at radius 2 is 1.85 bits per heavy atom. The van der Waals surface area contributed by atoms with Gasteiger partial charge in [-0.3, -0.25) is 9.53 Å². The van der Waals surface area contributed by atoms with E-state index in [2.05, 4.69) is 20.3 Å². The maximum absolute atomic E-state index is 14.6. The van der Waals surface area contributed by atoms with Crippen molar-refractivity contribution in [1.82, 2.24) is 15.5 Å². The third kappa shape index (κ3) is 6.33. The summed E-state index contributed by atoms with van der Waals surface area (Å²) in [6, 6.07) is 5.56. The average molecular weight is 494 g/mol. The summed E-state index contributed by atoms with van der Waals surface area (Å²) in [4.78, 5) is 12.1. The Bertz CT molecular complexity index is 952. The number of rotatable bonds is 7. The minimum atomic E-state index is -4.68. The van der Waals surface area contributed by atoms with E-state index in [0.29, 0.717) is 10.8 Å². The first-order valence-corrected chi connectivity index (χ1v) is 10.6. The molecule has 1 aromatic heterocycles. The summed E-state index contributed by atoms with van der Waals surface area (Å²) >= 11 is 5.78. The lowest BCUT2D eigenvalue weighted by Gasteiger charge is -2.33. The summed E-state index contributed by atoms with van der Waals surface area (Å²) in [5, 5.41) is 10.7. The Morgan fingerprint density at radius 3 is 2.52 bits per heavy atom. The van der Waals surface area contributed by atoms with Crippen molar-refractivity contribution in [3.8, 4) is 5.75 Å². The summed E-state index contributed by atoms with van der Waals surface area (Å²) in [6.45, 7) is -0.428. The SMILES string of the molecule is O=C(COc1ccc(Cl)cc1)N[C@@H]1CO[C@@H](c2nnc(C3CC(OC(F)(F)F)C3)o2)C[C@@H]1F. The monoisotopic (exact) mass is 493 g/mol. The molecule has 0 radical (unpaired) electrons. The smallest absolute Gasteiger partial charge is 0.484 e. The summed E-state index contributed by atoms with van der Waals surface area (Å²) < 4.78 is 71.6. The number of amides is 1. The van der Waals surface area contributed by atoms with Crippen molar-refractivity contribution in [2.24, 2.45) is 0 Å². The molecular weight excluding hydrogens is 474 g/mol. The highest BCUT2D eigenvalue weighted by molar-refractivity contribution is 6.30. The number of benzene rings is 1. The van der Waals surface area contributed by atoms with Crippen molar-refractivity contribution < 1.29 is 41.0 Å². The van der Waals surface area contributed by atoms with E-state index in [4.69, 9.17) is 25.5 Å². The highest BCUT2D eigenvalue weighted by Crippen LogP contribution is 2.41. The molecule has 180 valence electrons. The first-order chi connectivity index (χ1) is 15.7. The van der Waals surface area contributed by atoms with Crippen LogP contribution in [0.3, 0.4) is 0 Å². The minimum Gasteiger partial charge on any atom is -0.484 e. The van der Waals surface area contributed by atoms with Crippen molar-refractivity contribution in [3.63, 3.8) is 0 Å². The van der Waals surface area contributed by atoms with Crippen LogP contribution in [0.1, 0.15) is 43.1 Å². The predicted molar refractivity (Wildman–Crippen MR) is 104 cm³/mol. The van der Waals surface area contributed by atoms with Gasteiger partial charge in [0.2, 0.25) is 11.8 Å². The Hall–Kier alpha value is -2.44. The van der Waals surface area contributed by atoms with Gasteiger partial charge in [0.15, 0.2) is 6.61 Å². The van der Waals surface area contributed by atoms with Crippen molar-refractivity contribution in [2.75, 3.05) is 13.2 Å². The molecule has 1 aromatic carbocycles. The zero-order valence-electron chi connectivity index (χ0n) is 17.1. The number of hydrogen-bond donors (Lipinski definition) is 1. The van der Waals surface area contributed by atoms with Crippen LogP contribution in [0.4, 0.5) is 17.6 Å². The first kappa shape index (κ1) is 23.7. The second-order valence-electron chi connectivity index (χ2n) is 7.82. The molecular formula is C20H20ClF4N3O5. The lowest BCUT2D eigenvalue weighted by Crippen LogP contribution is -2.49. The van der Waals surface area contributed by atoms with E-state index in [1.54, 1.807) is 24.3 Å². The molecule has 1 saturated heterocycles. The van der Waals surface area contributed by atoms with Crippen LogP contribution in [0.25, 0.3) is 0 Å². The molecule has 1 aliphatic heterocycles. The number of carbonyl (C=O) groups is 1. The van der Waals surface area contributed by atoms with Crippen LogP contribution in [0.5, 0.6) is 5.75 Å². The maximum Gasteiger partial charge on any atom is 0.522 e. The van der Waals surface area contributed by atoms with Gasteiger partial charge in [-0.05, 0) is 37.1 Å². The standard InChI is InChI=1S/C20H20ClF4N3O5/c21-11-1-3-12(4-2-11)30-9-17(29)26-15-8-31-16(7-14(15)22)19-28-27-18(32-19)10-5-13(6-10)33-20(23,24)25/h1-4,10,13-16H,5-9H2,(H,26,29)/t10?,13?,14-,15+,16+/m0/s1. The van der Waals surface area contributed by atoms with Crippen LogP contribution in [-0.2, 0) is 14.3 Å². The van der Waals surface area contributed by atoms with Gasteiger partial charge < -0.3 is 19.2 Å². The van der Waals surface area contributed by atoms with Crippen molar-refractivity contribution in [3.05, 3.63) is 41.1 Å². The van der Waals surface area contributed by atoms with Crippen LogP contribution in [0, 0.1) is 0 Å². The number of hydrogen-bond acceptors (Lipinski definition) is 7. The normalized spacial score (nSPS) is 27.6. The van der Waals surface area contributed by atoms with Crippen molar-refractivity contribution in [2.45, 2.75) is 56.0 Å². The fraction of sp³-hybridized carbons (Fsp3) is 0.550. The highest BCUT2D eigenvalue weighted by atomic mass is 35.5. The lowest BCUT2D eigenvalue weighted by molar-refractivity contribution is -0.352. The predicted octanol–water partition coefficient (Wildman–Crippen LogP) is 3.87. The molecule has 2 heterocycles. The van der Waals surface area contributed by atoms with E-state index in [1.807, 2.05) is 0 Å². The van der Waals surface area contributed by atoms with E-state index < -0.39 is 36.7 Å². The van der Waals surface area contributed by atoms with Crippen molar-refractivity contribution in [1.29, 1.82) is 0 Å². The molecule has 2 aromatic rings. The molecule has 2 aliphatic rings. The van der Waals surface area contributed by atoms with Gasteiger partial charge in [0.25, 0.3) is 5.91 Å². The molecule has 3 atom stereocenters. The van der Waals surface area contributed by atoms with E-state index in [9.17, 15) is 22.4 Å². The number of halogens is 5. The number of nitrogens with one attached hydrogen (secondary N) is 1. The van der Waals surface area contributed by atoms with Gasteiger partial charge in [-0.1, -0.05) is 11.6 Å². The molecule has 8 nitrogen and oxygen atoms in total. The van der Waals surface area contributed by atoms with Gasteiger partial charge in [-0.25, -0.2) is 4.39 Å². The number of ether oxygens (including phenoxy) is 3. The quantitative estimate of drug-likeness (QED) is 0.585. The third-order valence-corrected chi connectivity index (χ3v) is 5.61. The zero-order valence-corrected chi connectivity index (χ0v) is 17.8. The number of carbonyl (C=O) groups excluding carboxylic acids is 1.